The molecule has 0 bridgehead atoms. The molecular weight excluding hydrogens is 196 g/mol. The van der Waals surface area contributed by atoms with Gasteiger partial charge in [-0.3, -0.25) is 0 Å². The Morgan fingerprint density at radius 2 is 2.43 bits per heavy atom. The summed E-state index contributed by atoms with van der Waals surface area (Å²) >= 11 is 1.67. The van der Waals surface area contributed by atoms with Gasteiger partial charge in [-0.25, -0.2) is 4.98 Å². The molecule has 0 aliphatic heterocycles. The zero-order valence-electron chi connectivity index (χ0n) is 8.82. The molecule has 0 radical (unpaired) electrons. The van der Waals surface area contributed by atoms with Gasteiger partial charge >= 0.3 is 0 Å². The molecule has 0 atom stereocenters. The van der Waals surface area contributed by atoms with E-state index in [9.17, 15) is 0 Å². The second-order valence-corrected chi connectivity index (χ2v) is 4.64. The van der Waals surface area contributed by atoms with Crippen LogP contribution >= 0.6 is 11.8 Å². The van der Waals surface area contributed by atoms with Crippen molar-refractivity contribution >= 4 is 11.8 Å². The van der Waals surface area contributed by atoms with Crippen molar-refractivity contribution < 1.29 is 4.42 Å². The van der Waals surface area contributed by atoms with Crippen LogP contribution in [0.3, 0.4) is 0 Å². The SMILES string of the molecule is CC(C)CNCCCSc1ncco1. The lowest BCUT2D eigenvalue weighted by Gasteiger charge is -2.05. The molecule has 14 heavy (non-hydrogen) atoms. The second kappa shape index (κ2) is 6.90. The maximum absolute atomic E-state index is 5.11. The molecule has 4 heteroatoms. The molecule has 3 nitrogen and oxygen atoms in total. The molecule has 0 amide bonds. The van der Waals surface area contributed by atoms with Crippen LogP contribution < -0.4 is 5.32 Å². The van der Waals surface area contributed by atoms with Gasteiger partial charge in [0.2, 0.25) is 0 Å². The van der Waals surface area contributed by atoms with E-state index in [1.165, 1.54) is 0 Å². The van der Waals surface area contributed by atoms with Crippen LogP contribution in [0.5, 0.6) is 0 Å². The number of nitrogens with zero attached hydrogens (tertiary/aromatic N) is 1. The van der Waals surface area contributed by atoms with Crippen LogP contribution in [0.15, 0.2) is 22.1 Å². The van der Waals surface area contributed by atoms with E-state index in [1.54, 1.807) is 24.2 Å². The normalized spacial score (nSPS) is 11.1. The van der Waals surface area contributed by atoms with Crippen molar-refractivity contribution in [3.8, 4) is 0 Å². The Balaban J connectivity index is 1.90. The van der Waals surface area contributed by atoms with E-state index >= 15 is 0 Å². The summed E-state index contributed by atoms with van der Waals surface area (Å²) in [5.74, 6) is 1.79. The minimum absolute atomic E-state index is 0.731. The number of hydrogen-bond acceptors (Lipinski definition) is 4. The quantitative estimate of drug-likeness (QED) is 0.559. The van der Waals surface area contributed by atoms with Crippen LogP contribution in [-0.2, 0) is 0 Å². The molecule has 1 rings (SSSR count). The van der Waals surface area contributed by atoms with Crippen molar-refractivity contribution in [3.63, 3.8) is 0 Å². The summed E-state index contributed by atoms with van der Waals surface area (Å²) in [6.45, 7) is 6.61. The van der Waals surface area contributed by atoms with Gasteiger partial charge in [0.1, 0.15) is 6.26 Å². The molecule has 1 N–H and O–H groups in total. The van der Waals surface area contributed by atoms with E-state index in [1.807, 2.05) is 0 Å². The minimum Gasteiger partial charge on any atom is -0.440 e. The van der Waals surface area contributed by atoms with Crippen molar-refractivity contribution in [2.75, 3.05) is 18.8 Å². The van der Waals surface area contributed by atoms with Crippen LogP contribution in [-0.4, -0.2) is 23.8 Å². The van der Waals surface area contributed by atoms with E-state index < -0.39 is 0 Å². The molecule has 0 fully saturated rings. The molecular formula is C10H18N2OS. The molecule has 0 unspecified atom stereocenters. The zero-order chi connectivity index (χ0) is 10.2. The molecule has 80 valence electrons. The van der Waals surface area contributed by atoms with Crippen LogP contribution in [0.2, 0.25) is 0 Å². The predicted octanol–water partition coefficient (Wildman–Crippen LogP) is 2.40. The van der Waals surface area contributed by atoms with Crippen molar-refractivity contribution in [1.82, 2.24) is 10.3 Å². The Labute approximate surface area is 89.7 Å². The Morgan fingerprint density at radius 1 is 1.57 bits per heavy atom. The molecule has 0 aromatic carbocycles. The smallest absolute Gasteiger partial charge is 0.255 e. The third kappa shape index (κ3) is 5.29. The van der Waals surface area contributed by atoms with E-state index in [-0.39, 0.29) is 0 Å². The topological polar surface area (TPSA) is 38.1 Å². The number of aromatic nitrogens is 1. The van der Waals surface area contributed by atoms with Gasteiger partial charge in [0, 0.05) is 5.75 Å². The van der Waals surface area contributed by atoms with Gasteiger partial charge in [-0.1, -0.05) is 25.6 Å². The lowest BCUT2D eigenvalue weighted by Crippen LogP contribution is -2.21. The zero-order valence-corrected chi connectivity index (χ0v) is 9.64. The highest BCUT2D eigenvalue weighted by atomic mass is 32.2. The van der Waals surface area contributed by atoms with Crippen LogP contribution in [0.4, 0.5) is 0 Å². The number of hydrogen-bond donors (Lipinski definition) is 1. The van der Waals surface area contributed by atoms with E-state index in [4.69, 9.17) is 4.42 Å². The summed E-state index contributed by atoms with van der Waals surface area (Å²) in [6, 6.07) is 0. The number of nitrogens with one attached hydrogen (secondary N) is 1. The first kappa shape index (κ1) is 11.6. The lowest BCUT2D eigenvalue weighted by atomic mass is 10.2. The first-order valence-corrected chi connectivity index (χ1v) is 6.00. The third-order valence-electron chi connectivity index (χ3n) is 1.69. The van der Waals surface area contributed by atoms with Crippen LogP contribution in [0.1, 0.15) is 20.3 Å². The molecule has 0 saturated carbocycles. The summed E-state index contributed by atoms with van der Waals surface area (Å²) in [6.07, 6.45) is 4.44. The van der Waals surface area contributed by atoms with Crippen LogP contribution in [0, 0.1) is 5.92 Å². The summed E-state index contributed by atoms with van der Waals surface area (Å²) in [7, 11) is 0. The van der Waals surface area contributed by atoms with Crippen molar-refractivity contribution in [1.29, 1.82) is 0 Å². The number of thioether (sulfide) groups is 1. The average Bonchev–Trinajstić information content (AvgIpc) is 2.63. The van der Waals surface area contributed by atoms with Gasteiger partial charge in [0.25, 0.3) is 5.22 Å². The first-order valence-electron chi connectivity index (χ1n) is 5.02. The fraction of sp³-hybridized carbons (Fsp3) is 0.700. The Bertz CT molecular complexity index is 224. The van der Waals surface area contributed by atoms with E-state index in [0.29, 0.717) is 0 Å². The van der Waals surface area contributed by atoms with Crippen molar-refractivity contribution in [2.45, 2.75) is 25.5 Å². The highest BCUT2D eigenvalue weighted by molar-refractivity contribution is 7.99. The summed E-state index contributed by atoms with van der Waals surface area (Å²) < 4.78 is 5.11. The summed E-state index contributed by atoms with van der Waals surface area (Å²) in [4.78, 5) is 4.04. The standard InChI is InChI=1S/C10H18N2OS/c1-9(2)8-11-4-3-7-14-10-12-5-6-13-10/h5-6,9,11H,3-4,7-8H2,1-2H3. The first-order chi connectivity index (χ1) is 6.79. The van der Waals surface area contributed by atoms with Gasteiger partial charge in [-0.2, -0.15) is 0 Å². The predicted molar refractivity (Wildman–Crippen MR) is 59.6 cm³/mol. The van der Waals surface area contributed by atoms with Gasteiger partial charge in [0.15, 0.2) is 0 Å². The van der Waals surface area contributed by atoms with Crippen molar-refractivity contribution in [2.24, 2.45) is 5.92 Å². The molecule has 1 aromatic heterocycles. The number of oxazole rings is 1. The highest BCUT2D eigenvalue weighted by Crippen LogP contribution is 2.14. The van der Waals surface area contributed by atoms with Gasteiger partial charge in [0.05, 0.1) is 6.20 Å². The minimum atomic E-state index is 0.731. The largest absolute Gasteiger partial charge is 0.440 e. The van der Waals surface area contributed by atoms with Crippen LogP contribution in [0.25, 0.3) is 0 Å². The molecule has 0 saturated heterocycles. The van der Waals surface area contributed by atoms with Gasteiger partial charge in [-0.05, 0) is 25.4 Å². The Kier molecular flexibility index (Phi) is 5.71. The summed E-state index contributed by atoms with van der Waals surface area (Å²) in [5, 5.41) is 4.17. The van der Waals surface area contributed by atoms with Gasteiger partial charge in [-0.15, -0.1) is 0 Å². The fourth-order valence-corrected chi connectivity index (χ4v) is 1.75. The molecule has 1 aromatic rings. The molecule has 0 aliphatic carbocycles. The number of rotatable bonds is 7. The van der Waals surface area contributed by atoms with Crippen molar-refractivity contribution in [3.05, 3.63) is 12.5 Å². The summed E-state index contributed by atoms with van der Waals surface area (Å²) in [5.41, 5.74) is 0. The molecule has 0 aliphatic rings. The van der Waals surface area contributed by atoms with E-state index in [2.05, 4.69) is 24.1 Å². The lowest BCUT2D eigenvalue weighted by molar-refractivity contribution is 0.454. The molecule has 1 heterocycles. The average molecular weight is 214 g/mol. The second-order valence-electron chi connectivity index (χ2n) is 3.60. The maximum atomic E-state index is 5.11. The third-order valence-corrected chi connectivity index (χ3v) is 2.63. The fourth-order valence-electron chi connectivity index (χ4n) is 1.03. The highest BCUT2D eigenvalue weighted by Gasteiger charge is 1.97. The maximum Gasteiger partial charge on any atom is 0.255 e. The molecule has 0 spiro atoms. The monoisotopic (exact) mass is 214 g/mol. The Hall–Kier alpha value is -0.480. The van der Waals surface area contributed by atoms with E-state index in [0.717, 1.165) is 36.4 Å². The van der Waals surface area contributed by atoms with Gasteiger partial charge < -0.3 is 9.73 Å². The Morgan fingerprint density at radius 3 is 3.07 bits per heavy atom.